The normalized spacial score (nSPS) is 10.8. The van der Waals surface area contributed by atoms with Crippen LogP contribution in [0, 0.1) is 6.92 Å². The van der Waals surface area contributed by atoms with Gasteiger partial charge in [-0.2, -0.15) is 0 Å². The minimum atomic E-state index is -4.46. The Balaban J connectivity index is 0.00000364. The van der Waals surface area contributed by atoms with Gasteiger partial charge in [-0.1, -0.05) is 0 Å². The molecule has 0 bridgehead atoms. The number of thiophene rings is 1. The van der Waals surface area contributed by atoms with Crippen LogP contribution >= 0.6 is 11.3 Å². The maximum Gasteiger partial charge on any atom is 0.360 e. The molecule has 0 atom stereocenters. The number of carbonyl (C=O) groups excluding carboxylic acids is 2. The summed E-state index contributed by atoms with van der Waals surface area (Å²) >= 11 is 1.01. The molecule has 0 spiro atoms. The number of nitrogens with zero attached hydrogens (tertiary/aromatic N) is 3. The molecule has 143 valence electrons. The summed E-state index contributed by atoms with van der Waals surface area (Å²) < 4.78 is 37.7. The molecular formula is C13H16N4NaO7S2. The number of methoxy groups -OCH3 is 1. The quantitative estimate of drug-likeness (QED) is 0.507. The molecule has 11 nitrogen and oxygen atoms in total. The van der Waals surface area contributed by atoms with Crippen molar-refractivity contribution >= 4 is 62.9 Å². The van der Waals surface area contributed by atoms with Crippen LogP contribution in [0.2, 0.25) is 0 Å². The van der Waals surface area contributed by atoms with Crippen LogP contribution in [0.3, 0.4) is 0 Å². The first-order chi connectivity index (χ1) is 12.1. The Morgan fingerprint density at radius 2 is 2.00 bits per heavy atom. The summed E-state index contributed by atoms with van der Waals surface area (Å²) in [5, 5.41) is 4.90. The number of ether oxygens (including phenoxy) is 2. The fraction of sp³-hybridized carbons (Fsp3) is 0.385. The molecule has 2 heterocycles. The smallest absolute Gasteiger partial charge is 0.360 e. The van der Waals surface area contributed by atoms with Crippen LogP contribution in [0.15, 0.2) is 15.1 Å². The van der Waals surface area contributed by atoms with Crippen molar-refractivity contribution in [3.63, 3.8) is 0 Å². The maximum absolute atomic E-state index is 12.6. The Hall–Kier alpha value is -1.67. The molecule has 2 rings (SSSR count). The molecule has 2 aromatic heterocycles. The number of nitrogens with one attached hydrogen (secondary N) is 1. The van der Waals surface area contributed by atoms with Gasteiger partial charge in [0.1, 0.15) is 4.90 Å². The maximum atomic E-state index is 12.6. The summed E-state index contributed by atoms with van der Waals surface area (Å²) in [7, 11) is -1.92. The molecule has 0 saturated carbocycles. The number of rotatable bonds is 5. The second kappa shape index (κ2) is 9.01. The first kappa shape index (κ1) is 23.4. The largest absolute Gasteiger partial charge is 0.467 e. The van der Waals surface area contributed by atoms with Crippen LogP contribution in [-0.4, -0.2) is 78.0 Å². The van der Waals surface area contributed by atoms with E-state index in [0.717, 1.165) is 15.9 Å². The van der Waals surface area contributed by atoms with E-state index >= 15 is 0 Å². The molecule has 0 unspecified atom stereocenters. The monoisotopic (exact) mass is 427 g/mol. The van der Waals surface area contributed by atoms with Crippen molar-refractivity contribution < 1.29 is 27.5 Å². The van der Waals surface area contributed by atoms with Crippen LogP contribution in [0.4, 0.5) is 4.79 Å². The summed E-state index contributed by atoms with van der Waals surface area (Å²) in [6.45, 7) is 3.11. The van der Waals surface area contributed by atoms with Crippen molar-refractivity contribution in [1.82, 2.24) is 19.1 Å². The molecule has 0 saturated heterocycles. The van der Waals surface area contributed by atoms with Crippen LogP contribution < -0.4 is 15.1 Å². The van der Waals surface area contributed by atoms with Crippen LogP contribution in [-0.2, 0) is 21.8 Å². The van der Waals surface area contributed by atoms with Crippen LogP contribution in [0.1, 0.15) is 22.2 Å². The van der Waals surface area contributed by atoms with Crippen molar-refractivity contribution in [2.45, 2.75) is 18.7 Å². The van der Waals surface area contributed by atoms with Crippen molar-refractivity contribution in [3.8, 4) is 6.01 Å². The van der Waals surface area contributed by atoms with E-state index in [1.807, 2.05) is 0 Å². The van der Waals surface area contributed by atoms with Gasteiger partial charge < -0.3 is 9.47 Å². The molecule has 0 fully saturated rings. The Morgan fingerprint density at radius 1 is 1.37 bits per heavy atom. The zero-order chi connectivity index (χ0) is 19.6. The molecule has 0 aromatic carbocycles. The van der Waals surface area contributed by atoms with Gasteiger partial charge >= 0.3 is 23.7 Å². The van der Waals surface area contributed by atoms with Gasteiger partial charge in [0, 0.05) is 46.9 Å². The van der Waals surface area contributed by atoms with Gasteiger partial charge in [-0.3, -0.25) is 0 Å². The third-order valence-electron chi connectivity index (χ3n) is 3.22. The minimum absolute atomic E-state index is 0. The topological polar surface area (TPSA) is 139 Å². The van der Waals surface area contributed by atoms with Crippen molar-refractivity contribution in [2.24, 2.45) is 7.05 Å². The van der Waals surface area contributed by atoms with E-state index in [1.54, 1.807) is 11.6 Å². The van der Waals surface area contributed by atoms with Gasteiger partial charge in [-0.15, -0.1) is 21.1 Å². The van der Waals surface area contributed by atoms with E-state index < -0.39 is 27.7 Å². The Labute approximate surface area is 180 Å². The summed E-state index contributed by atoms with van der Waals surface area (Å²) in [6.07, 6.45) is 0. The van der Waals surface area contributed by atoms with Crippen LogP contribution in [0.5, 0.6) is 6.01 Å². The molecule has 1 amide bonds. The molecule has 0 aliphatic rings. The van der Waals surface area contributed by atoms with Crippen molar-refractivity contribution in [1.29, 1.82) is 0 Å². The molecule has 27 heavy (non-hydrogen) atoms. The molecule has 2 aromatic rings. The van der Waals surface area contributed by atoms with Crippen molar-refractivity contribution in [3.05, 3.63) is 26.3 Å². The Bertz CT molecular complexity index is 1020. The third-order valence-corrected chi connectivity index (χ3v) is 5.77. The Kier molecular flexibility index (Phi) is 7.80. The zero-order valence-electron chi connectivity index (χ0n) is 15.3. The van der Waals surface area contributed by atoms with Crippen molar-refractivity contribution in [2.75, 3.05) is 13.7 Å². The molecular weight excluding hydrogens is 411 g/mol. The molecule has 0 aliphatic heterocycles. The van der Waals surface area contributed by atoms with E-state index in [2.05, 4.69) is 5.10 Å². The molecule has 1 N–H and O–H groups in total. The standard InChI is InChI=1S/C13H16N4O7S2.Na/c1-5-24-10(18)8-6-25-7(2)9(8)26(21,22)15-11(19)17-13(20)16(3)12(14-17)23-4;/h6H,5H2,1-4H3,(H,15,19);. The van der Waals surface area contributed by atoms with E-state index in [-0.39, 0.29) is 57.5 Å². The molecule has 0 aliphatic carbocycles. The average Bonchev–Trinajstić information content (AvgIpc) is 3.09. The van der Waals surface area contributed by atoms with E-state index in [9.17, 15) is 22.8 Å². The predicted molar refractivity (Wildman–Crippen MR) is 95.9 cm³/mol. The number of esters is 1. The van der Waals surface area contributed by atoms with Gasteiger partial charge in [-0.05, 0) is 13.8 Å². The second-order valence-corrected chi connectivity index (χ2v) is 7.61. The van der Waals surface area contributed by atoms with E-state index in [4.69, 9.17) is 9.47 Å². The number of sulfonamides is 1. The summed E-state index contributed by atoms with van der Waals surface area (Å²) in [4.78, 5) is 36.0. The van der Waals surface area contributed by atoms with Gasteiger partial charge in [0.05, 0.1) is 19.3 Å². The van der Waals surface area contributed by atoms with Gasteiger partial charge in [0.15, 0.2) is 0 Å². The number of hydrogen-bond donors (Lipinski definition) is 1. The predicted octanol–water partition coefficient (Wildman–Crippen LogP) is -0.297. The summed E-state index contributed by atoms with van der Waals surface area (Å²) in [5.74, 6) is -0.832. The van der Waals surface area contributed by atoms with Gasteiger partial charge in [0.2, 0.25) is 0 Å². The van der Waals surface area contributed by atoms with Gasteiger partial charge in [0.25, 0.3) is 10.0 Å². The van der Waals surface area contributed by atoms with Gasteiger partial charge in [-0.25, -0.2) is 32.1 Å². The first-order valence-corrected chi connectivity index (χ1v) is 9.52. The number of hydrogen-bond acceptors (Lipinski definition) is 9. The number of carbonyl (C=O) groups is 2. The summed E-state index contributed by atoms with van der Waals surface area (Å²) in [5.41, 5.74) is -1.09. The first-order valence-electron chi connectivity index (χ1n) is 7.16. The summed E-state index contributed by atoms with van der Waals surface area (Å²) in [6, 6.07) is -1.49. The van der Waals surface area contributed by atoms with E-state index in [0.29, 0.717) is 4.68 Å². The SMILES string of the molecule is CCOC(=O)c1csc(C)c1S(=O)(=O)NC(=O)n1nc(OC)n(C)c1=O.[Na]. The average molecular weight is 427 g/mol. The zero-order valence-corrected chi connectivity index (χ0v) is 18.9. The number of aryl methyl sites for hydroxylation is 1. The molecule has 14 heteroatoms. The fourth-order valence-electron chi connectivity index (χ4n) is 2.07. The minimum Gasteiger partial charge on any atom is -0.467 e. The van der Waals surface area contributed by atoms with Crippen LogP contribution in [0.25, 0.3) is 0 Å². The van der Waals surface area contributed by atoms with E-state index in [1.165, 1.54) is 26.5 Å². The Morgan fingerprint density at radius 3 is 2.52 bits per heavy atom. The molecule has 1 radical (unpaired) electrons. The second-order valence-electron chi connectivity index (χ2n) is 4.91. The number of amides is 1. The fourth-order valence-corrected chi connectivity index (χ4v) is 4.57. The third kappa shape index (κ3) is 4.60. The number of aromatic nitrogens is 3.